The van der Waals surface area contributed by atoms with E-state index in [2.05, 4.69) is 21.3 Å². The summed E-state index contributed by atoms with van der Waals surface area (Å²) in [4.78, 5) is 29.8. The fraction of sp³-hybridized carbons (Fsp3) is 0.292. The first-order valence-corrected chi connectivity index (χ1v) is 10.4. The summed E-state index contributed by atoms with van der Waals surface area (Å²) in [6.07, 6.45) is 1.60. The predicted molar refractivity (Wildman–Crippen MR) is 117 cm³/mol. The molecule has 1 aromatic heterocycles. The lowest BCUT2D eigenvalue weighted by atomic mass is 10.0. The Balaban J connectivity index is 1.28. The van der Waals surface area contributed by atoms with Gasteiger partial charge in [-0.15, -0.1) is 0 Å². The van der Waals surface area contributed by atoms with Crippen LogP contribution in [0.25, 0.3) is 10.8 Å². The second-order valence-corrected chi connectivity index (χ2v) is 7.53. The predicted octanol–water partition coefficient (Wildman–Crippen LogP) is 2.52. The molecule has 4 rings (SSSR count). The molecule has 1 aliphatic heterocycles. The molecule has 1 atom stereocenters. The van der Waals surface area contributed by atoms with Crippen LogP contribution in [0.2, 0.25) is 0 Å². The smallest absolute Gasteiger partial charge is 0.342 e. The summed E-state index contributed by atoms with van der Waals surface area (Å²) in [5.41, 5.74) is 1.36. The molecule has 1 fully saturated rings. The van der Waals surface area contributed by atoms with Crippen LogP contribution in [0.3, 0.4) is 0 Å². The van der Waals surface area contributed by atoms with Crippen LogP contribution in [0.5, 0.6) is 0 Å². The van der Waals surface area contributed by atoms with Crippen molar-refractivity contribution in [1.82, 2.24) is 5.32 Å². The van der Waals surface area contributed by atoms with Crippen molar-refractivity contribution in [3.63, 3.8) is 0 Å². The molecule has 0 bridgehead atoms. The summed E-state index contributed by atoms with van der Waals surface area (Å²) in [6.45, 7) is 4.55. The van der Waals surface area contributed by atoms with Gasteiger partial charge in [-0.1, -0.05) is 36.4 Å². The summed E-state index contributed by atoms with van der Waals surface area (Å²) in [5, 5.41) is 5.14. The number of benzene rings is 2. The maximum Gasteiger partial charge on any atom is 0.342 e. The van der Waals surface area contributed by atoms with Gasteiger partial charge in [0.1, 0.15) is 19.3 Å². The van der Waals surface area contributed by atoms with E-state index in [-0.39, 0.29) is 18.6 Å². The third kappa shape index (κ3) is 5.19. The van der Waals surface area contributed by atoms with Crippen molar-refractivity contribution < 1.29 is 24.0 Å². The molecule has 0 saturated carbocycles. The molecule has 7 heteroatoms. The lowest BCUT2D eigenvalue weighted by Crippen LogP contribution is -2.39. The highest BCUT2D eigenvalue weighted by molar-refractivity contribution is 5.91. The number of hydrogen-bond donors (Lipinski definition) is 1. The van der Waals surface area contributed by atoms with Crippen LogP contribution in [0.4, 0.5) is 5.82 Å². The van der Waals surface area contributed by atoms with Crippen LogP contribution >= 0.6 is 0 Å². The molecule has 0 spiro atoms. The van der Waals surface area contributed by atoms with E-state index in [9.17, 15) is 9.59 Å². The van der Waals surface area contributed by atoms with Gasteiger partial charge < -0.3 is 14.8 Å². The van der Waals surface area contributed by atoms with Gasteiger partial charge in [-0.05, 0) is 35.4 Å². The van der Waals surface area contributed by atoms with Gasteiger partial charge in [0.15, 0.2) is 6.61 Å². The zero-order chi connectivity index (χ0) is 21.6. The number of hydrogen-bond acceptors (Lipinski definition) is 5. The first-order chi connectivity index (χ1) is 15.1. The number of pyridine rings is 1. The normalized spacial score (nSPS) is 14.8. The van der Waals surface area contributed by atoms with Crippen LogP contribution in [0.1, 0.15) is 28.9 Å². The summed E-state index contributed by atoms with van der Waals surface area (Å²) in [5.74, 6) is 0.0306. The molecule has 31 heavy (non-hydrogen) atoms. The van der Waals surface area contributed by atoms with Crippen molar-refractivity contribution in [3.8, 4) is 0 Å². The fourth-order valence-electron chi connectivity index (χ4n) is 3.60. The van der Waals surface area contributed by atoms with E-state index in [4.69, 9.17) is 9.47 Å². The molecule has 0 aliphatic carbocycles. The van der Waals surface area contributed by atoms with Crippen LogP contribution in [-0.4, -0.2) is 44.8 Å². The second-order valence-electron chi connectivity index (χ2n) is 7.53. The number of carbonyl (C=O) groups is 2. The Morgan fingerprint density at radius 2 is 1.87 bits per heavy atom. The number of aromatic amines is 1. The fourth-order valence-corrected chi connectivity index (χ4v) is 3.60. The van der Waals surface area contributed by atoms with Crippen molar-refractivity contribution in [2.24, 2.45) is 0 Å². The van der Waals surface area contributed by atoms with Crippen LogP contribution in [0.15, 0.2) is 60.8 Å². The van der Waals surface area contributed by atoms with Crippen molar-refractivity contribution in [3.05, 3.63) is 71.9 Å². The summed E-state index contributed by atoms with van der Waals surface area (Å²) >= 11 is 0. The van der Waals surface area contributed by atoms with E-state index in [1.165, 1.54) is 0 Å². The number of amides is 1. The van der Waals surface area contributed by atoms with E-state index in [1.807, 2.05) is 49.4 Å². The topological polar surface area (TPSA) is 82.0 Å². The van der Waals surface area contributed by atoms with E-state index in [0.717, 1.165) is 35.2 Å². The molecular weight excluding hydrogens is 394 g/mol. The second kappa shape index (κ2) is 9.57. The Morgan fingerprint density at radius 3 is 2.61 bits per heavy atom. The lowest BCUT2D eigenvalue weighted by molar-refractivity contribution is -0.364. The number of H-pyrrole nitrogens is 1. The van der Waals surface area contributed by atoms with E-state index >= 15 is 0 Å². The minimum Gasteiger partial charge on any atom is -0.452 e. The molecule has 2 N–H and O–H groups in total. The zero-order valence-electron chi connectivity index (χ0n) is 17.5. The number of anilines is 1. The molecule has 1 amide bonds. The quantitative estimate of drug-likeness (QED) is 0.620. The molecule has 3 aromatic rings. The number of aromatic nitrogens is 1. The number of nitrogens with one attached hydrogen (secondary N) is 2. The molecule has 160 valence electrons. The number of ether oxygens (including phenoxy) is 2. The summed E-state index contributed by atoms with van der Waals surface area (Å²) in [6, 6.07) is 17.5. The van der Waals surface area contributed by atoms with Gasteiger partial charge in [0.05, 0.1) is 24.8 Å². The van der Waals surface area contributed by atoms with Crippen molar-refractivity contribution in [2.45, 2.75) is 13.0 Å². The van der Waals surface area contributed by atoms with Gasteiger partial charge in [0, 0.05) is 6.07 Å². The number of carbonyl (C=O) groups excluding carboxylic acids is 2. The first-order valence-electron chi connectivity index (χ1n) is 10.4. The van der Waals surface area contributed by atoms with E-state index in [1.54, 1.807) is 12.3 Å². The Bertz CT molecular complexity index is 1060. The first kappa shape index (κ1) is 20.8. The van der Waals surface area contributed by atoms with Crippen molar-refractivity contribution in [1.29, 1.82) is 0 Å². The van der Waals surface area contributed by atoms with Crippen molar-refractivity contribution >= 4 is 28.5 Å². The van der Waals surface area contributed by atoms with Gasteiger partial charge in [0.25, 0.3) is 11.7 Å². The highest BCUT2D eigenvalue weighted by Gasteiger charge is 2.20. The SMILES string of the molecule is CC(NC(=O)COC(=O)c1ccc(N2CCOCC2)[nH+]c1)c1ccc2ccccc2c1. The third-order valence-electron chi connectivity index (χ3n) is 5.37. The van der Waals surface area contributed by atoms with Crippen LogP contribution < -0.4 is 15.2 Å². The van der Waals surface area contributed by atoms with E-state index in [0.29, 0.717) is 18.8 Å². The van der Waals surface area contributed by atoms with Crippen LogP contribution in [-0.2, 0) is 14.3 Å². The highest BCUT2D eigenvalue weighted by atomic mass is 16.5. The monoisotopic (exact) mass is 420 g/mol. The molecule has 2 aromatic carbocycles. The van der Waals surface area contributed by atoms with Gasteiger partial charge in [-0.2, -0.15) is 0 Å². The van der Waals surface area contributed by atoms with Crippen molar-refractivity contribution in [2.75, 3.05) is 37.8 Å². The lowest BCUT2D eigenvalue weighted by Gasteiger charge is -2.21. The van der Waals surface area contributed by atoms with Gasteiger partial charge in [0.2, 0.25) is 0 Å². The Kier molecular flexibility index (Phi) is 6.43. The molecule has 0 radical (unpaired) electrons. The molecule has 7 nitrogen and oxygen atoms in total. The molecule has 1 unspecified atom stereocenters. The Labute approximate surface area is 181 Å². The Morgan fingerprint density at radius 1 is 1.10 bits per heavy atom. The molecule has 2 heterocycles. The standard InChI is InChI=1S/C24H25N3O4/c1-17(19-7-6-18-4-2-3-5-20(18)14-19)26-23(28)16-31-24(29)21-8-9-22(25-15-21)27-10-12-30-13-11-27/h2-9,14-15,17H,10-13,16H2,1H3,(H,26,28)/p+1. The van der Waals surface area contributed by atoms with E-state index < -0.39 is 5.97 Å². The number of morpholine rings is 1. The van der Waals surface area contributed by atoms with Gasteiger partial charge in [-0.25, -0.2) is 9.78 Å². The maximum atomic E-state index is 12.3. The average Bonchev–Trinajstić information content (AvgIpc) is 2.83. The Hall–Kier alpha value is -3.45. The highest BCUT2D eigenvalue weighted by Crippen LogP contribution is 2.20. The molecular formula is C24H26N3O4+. The summed E-state index contributed by atoms with van der Waals surface area (Å²) < 4.78 is 10.5. The maximum absolute atomic E-state index is 12.3. The summed E-state index contributed by atoms with van der Waals surface area (Å²) in [7, 11) is 0. The van der Waals surface area contributed by atoms with Gasteiger partial charge >= 0.3 is 5.97 Å². The zero-order valence-corrected chi connectivity index (χ0v) is 17.5. The van der Waals surface area contributed by atoms with Gasteiger partial charge in [-0.3, -0.25) is 9.69 Å². The average molecular weight is 420 g/mol. The number of fused-ring (bicyclic) bond motifs is 1. The van der Waals surface area contributed by atoms with Crippen LogP contribution in [0, 0.1) is 0 Å². The minimum atomic E-state index is -0.543. The number of rotatable bonds is 6. The largest absolute Gasteiger partial charge is 0.452 e. The number of esters is 1. The molecule has 1 saturated heterocycles. The minimum absolute atomic E-state index is 0.197. The molecule has 1 aliphatic rings. The third-order valence-corrected chi connectivity index (χ3v) is 5.37. The number of nitrogens with zero attached hydrogens (tertiary/aromatic N) is 1.